The summed E-state index contributed by atoms with van der Waals surface area (Å²) in [5.41, 5.74) is 0. The van der Waals surface area contributed by atoms with Gasteiger partial charge in [-0.1, -0.05) is 6.92 Å². The Labute approximate surface area is 72.2 Å². The Bertz CT molecular complexity index is 209. The van der Waals surface area contributed by atoms with Crippen molar-refractivity contribution in [3.8, 4) is 6.07 Å². The molecule has 1 fully saturated rings. The highest BCUT2D eigenvalue weighted by Gasteiger charge is 2.26. The van der Waals surface area contributed by atoms with Crippen LogP contribution >= 0.6 is 0 Å². The van der Waals surface area contributed by atoms with E-state index in [4.69, 9.17) is 5.26 Å². The lowest BCUT2D eigenvalue weighted by atomic mass is 10.2. The van der Waals surface area contributed by atoms with E-state index in [0.29, 0.717) is 13.0 Å². The Morgan fingerprint density at radius 3 is 3.08 bits per heavy atom. The SMILES string of the molecule is CCC1CN(CCC#N)C(=O)N1. The molecule has 1 aliphatic heterocycles. The van der Waals surface area contributed by atoms with Crippen molar-refractivity contribution in [2.24, 2.45) is 0 Å². The third kappa shape index (κ3) is 1.88. The maximum Gasteiger partial charge on any atom is 0.317 e. The molecule has 0 saturated carbocycles. The van der Waals surface area contributed by atoms with Crippen LogP contribution in [-0.2, 0) is 0 Å². The molecule has 1 atom stereocenters. The second kappa shape index (κ2) is 3.96. The minimum Gasteiger partial charge on any atom is -0.333 e. The summed E-state index contributed by atoms with van der Waals surface area (Å²) >= 11 is 0. The van der Waals surface area contributed by atoms with Crippen molar-refractivity contribution in [1.29, 1.82) is 5.26 Å². The molecule has 2 amide bonds. The van der Waals surface area contributed by atoms with Crippen LogP contribution in [0, 0.1) is 11.3 Å². The molecule has 1 aliphatic rings. The summed E-state index contributed by atoms with van der Waals surface area (Å²) in [5, 5.41) is 11.2. The van der Waals surface area contributed by atoms with Gasteiger partial charge in [0.1, 0.15) is 0 Å². The van der Waals surface area contributed by atoms with Crippen LogP contribution < -0.4 is 5.32 Å². The molecule has 0 aromatic heterocycles. The van der Waals surface area contributed by atoms with E-state index in [-0.39, 0.29) is 12.1 Å². The van der Waals surface area contributed by atoms with Crippen molar-refractivity contribution < 1.29 is 4.79 Å². The molecular formula is C8H13N3O. The molecule has 1 heterocycles. The van der Waals surface area contributed by atoms with Gasteiger partial charge in [0.25, 0.3) is 0 Å². The number of hydrogen-bond donors (Lipinski definition) is 1. The number of amides is 2. The fourth-order valence-electron chi connectivity index (χ4n) is 1.27. The van der Waals surface area contributed by atoms with Crippen LogP contribution in [0.3, 0.4) is 0 Å². The number of carbonyl (C=O) groups is 1. The summed E-state index contributed by atoms with van der Waals surface area (Å²) in [5.74, 6) is 0. The zero-order valence-electron chi connectivity index (χ0n) is 7.21. The Hall–Kier alpha value is -1.24. The average molecular weight is 167 g/mol. The van der Waals surface area contributed by atoms with Gasteiger partial charge < -0.3 is 10.2 Å². The van der Waals surface area contributed by atoms with E-state index in [2.05, 4.69) is 5.32 Å². The van der Waals surface area contributed by atoms with Gasteiger partial charge in [0, 0.05) is 19.1 Å². The second-order valence-electron chi connectivity index (χ2n) is 2.91. The molecule has 1 N–H and O–H groups in total. The largest absolute Gasteiger partial charge is 0.333 e. The molecule has 0 bridgehead atoms. The van der Waals surface area contributed by atoms with Crippen molar-refractivity contribution in [3.63, 3.8) is 0 Å². The monoisotopic (exact) mass is 167 g/mol. The van der Waals surface area contributed by atoms with Gasteiger partial charge in [0.05, 0.1) is 12.5 Å². The lowest BCUT2D eigenvalue weighted by Crippen LogP contribution is -2.29. The summed E-state index contributed by atoms with van der Waals surface area (Å²) in [7, 11) is 0. The third-order valence-corrected chi connectivity index (χ3v) is 2.04. The number of carbonyl (C=O) groups excluding carboxylic acids is 1. The summed E-state index contributed by atoms with van der Waals surface area (Å²) in [6.07, 6.45) is 1.37. The molecule has 66 valence electrons. The van der Waals surface area contributed by atoms with E-state index < -0.39 is 0 Å². The fraction of sp³-hybridized carbons (Fsp3) is 0.750. The third-order valence-electron chi connectivity index (χ3n) is 2.04. The number of nitrogens with one attached hydrogen (secondary N) is 1. The van der Waals surface area contributed by atoms with Gasteiger partial charge in [0.2, 0.25) is 0 Å². The van der Waals surface area contributed by atoms with Gasteiger partial charge >= 0.3 is 6.03 Å². The van der Waals surface area contributed by atoms with Crippen LogP contribution in [0.1, 0.15) is 19.8 Å². The minimum absolute atomic E-state index is 0.0305. The molecule has 0 radical (unpaired) electrons. The van der Waals surface area contributed by atoms with Crippen LogP contribution in [0.15, 0.2) is 0 Å². The van der Waals surface area contributed by atoms with Crippen LogP contribution in [0.5, 0.6) is 0 Å². The maximum atomic E-state index is 11.2. The predicted molar refractivity (Wildman–Crippen MR) is 44.4 cm³/mol. The Kier molecular flexibility index (Phi) is 2.92. The highest BCUT2D eigenvalue weighted by molar-refractivity contribution is 5.76. The number of rotatable bonds is 3. The molecule has 0 spiro atoms. The Balaban J connectivity index is 2.37. The van der Waals surface area contributed by atoms with Gasteiger partial charge in [-0.15, -0.1) is 0 Å². The van der Waals surface area contributed by atoms with Crippen molar-refractivity contribution in [2.45, 2.75) is 25.8 Å². The van der Waals surface area contributed by atoms with Gasteiger partial charge in [-0.05, 0) is 6.42 Å². The first kappa shape index (κ1) is 8.85. The lowest BCUT2D eigenvalue weighted by molar-refractivity contribution is 0.218. The quantitative estimate of drug-likeness (QED) is 0.672. The molecule has 0 aliphatic carbocycles. The zero-order chi connectivity index (χ0) is 8.97. The van der Waals surface area contributed by atoms with E-state index in [0.717, 1.165) is 13.0 Å². The number of urea groups is 1. The zero-order valence-corrected chi connectivity index (χ0v) is 7.21. The molecule has 0 aromatic rings. The van der Waals surface area contributed by atoms with Crippen LogP contribution in [0.4, 0.5) is 4.79 Å². The van der Waals surface area contributed by atoms with Crippen molar-refractivity contribution in [2.75, 3.05) is 13.1 Å². The van der Waals surface area contributed by atoms with Gasteiger partial charge in [-0.3, -0.25) is 0 Å². The molecule has 1 rings (SSSR count). The van der Waals surface area contributed by atoms with Crippen LogP contribution in [0.25, 0.3) is 0 Å². The lowest BCUT2D eigenvalue weighted by Gasteiger charge is -2.11. The molecule has 12 heavy (non-hydrogen) atoms. The van der Waals surface area contributed by atoms with Gasteiger partial charge in [-0.25, -0.2) is 4.79 Å². The second-order valence-corrected chi connectivity index (χ2v) is 2.91. The number of hydrogen-bond acceptors (Lipinski definition) is 2. The van der Waals surface area contributed by atoms with E-state index in [1.54, 1.807) is 4.90 Å². The molecule has 1 unspecified atom stereocenters. The van der Waals surface area contributed by atoms with Gasteiger partial charge in [-0.2, -0.15) is 5.26 Å². The standard InChI is InChI=1S/C8H13N3O/c1-2-7-6-11(5-3-4-9)8(12)10-7/h7H,2-3,5-6H2,1H3,(H,10,12). The van der Waals surface area contributed by atoms with E-state index >= 15 is 0 Å². The topological polar surface area (TPSA) is 56.1 Å². The first-order valence-corrected chi connectivity index (χ1v) is 4.20. The molecule has 1 saturated heterocycles. The van der Waals surface area contributed by atoms with Crippen LogP contribution in [-0.4, -0.2) is 30.1 Å². The Morgan fingerprint density at radius 1 is 1.83 bits per heavy atom. The summed E-state index contributed by atoms with van der Waals surface area (Å²) in [4.78, 5) is 12.8. The fourth-order valence-corrected chi connectivity index (χ4v) is 1.27. The smallest absolute Gasteiger partial charge is 0.317 e. The highest BCUT2D eigenvalue weighted by Crippen LogP contribution is 2.06. The summed E-state index contributed by atoms with van der Waals surface area (Å²) in [6, 6.07) is 2.27. The molecule has 4 heteroatoms. The van der Waals surface area contributed by atoms with Gasteiger partial charge in [0.15, 0.2) is 0 Å². The summed E-state index contributed by atoms with van der Waals surface area (Å²) in [6.45, 7) is 3.34. The van der Waals surface area contributed by atoms with E-state index in [1.807, 2.05) is 13.0 Å². The van der Waals surface area contributed by atoms with E-state index in [1.165, 1.54) is 0 Å². The first-order valence-electron chi connectivity index (χ1n) is 4.20. The highest BCUT2D eigenvalue weighted by atomic mass is 16.2. The van der Waals surface area contributed by atoms with E-state index in [9.17, 15) is 4.79 Å². The molecular weight excluding hydrogens is 154 g/mol. The summed E-state index contributed by atoms with van der Waals surface area (Å²) < 4.78 is 0. The number of nitriles is 1. The normalized spacial score (nSPS) is 22.2. The van der Waals surface area contributed by atoms with Crippen molar-refractivity contribution in [3.05, 3.63) is 0 Å². The van der Waals surface area contributed by atoms with Crippen LogP contribution in [0.2, 0.25) is 0 Å². The molecule has 0 aromatic carbocycles. The maximum absolute atomic E-state index is 11.2. The molecule has 4 nitrogen and oxygen atoms in total. The minimum atomic E-state index is -0.0305. The first-order chi connectivity index (χ1) is 5.77. The predicted octanol–water partition coefficient (Wildman–Crippen LogP) is 0.704. The Morgan fingerprint density at radius 2 is 2.58 bits per heavy atom. The van der Waals surface area contributed by atoms with Crippen molar-refractivity contribution >= 4 is 6.03 Å². The van der Waals surface area contributed by atoms with Crippen molar-refractivity contribution in [1.82, 2.24) is 10.2 Å². The number of nitrogens with zero attached hydrogens (tertiary/aromatic N) is 2. The average Bonchev–Trinajstić information content (AvgIpc) is 2.43.